The van der Waals surface area contributed by atoms with Crippen LogP contribution in [0.15, 0.2) is 48.5 Å². The van der Waals surface area contributed by atoms with E-state index in [4.69, 9.17) is 5.26 Å². The fourth-order valence-corrected chi connectivity index (χ4v) is 1.77. The molecule has 0 aliphatic carbocycles. The maximum absolute atomic E-state index is 12.3. The molecule has 1 amide bonds. The van der Waals surface area contributed by atoms with Crippen molar-refractivity contribution >= 4 is 11.6 Å². The first kappa shape index (κ1) is 12.7. The lowest BCUT2D eigenvalue weighted by Crippen LogP contribution is -2.26. The molecule has 0 atom stereocenters. The van der Waals surface area contributed by atoms with Crippen LogP contribution in [0.5, 0.6) is 5.75 Å². The third-order valence-corrected chi connectivity index (χ3v) is 2.80. The third kappa shape index (κ3) is 2.55. The molecular formula is C15H12N2O2. The largest absolute Gasteiger partial charge is 0.508 e. The van der Waals surface area contributed by atoms with E-state index >= 15 is 0 Å². The van der Waals surface area contributed by atoms with Gasteiger partial charge < -0.3 is 10.0 Å². The Balaban J connectivity index is 2.34. The molecule has 2 aromatic rings. The standard InChI is InChI=1S/C15H12N2O2/c1-17(14-5-3-2-4-12(14)10-16)15(19)11-6-8-13(18)9-7-11/h2-9,18H,1H3. The van der Waals surface area contributed by atoms with E-state index in [9.17, 15) is 9.90 Å². The van der Waals surface area contributed by atoms with Gasteiger partial charge in [-0.25, -0.2) is 0 Å². The van der Waals surface area contributed by atoms with Gasteiger partial charge in [0, 0.05) is 12.6 Å². The van der Waals surface area contributed by atoms with E-state index in [0.29, 0.717) is 16.8 Å². The maximum atomic E-state index is 12.3. The van der Waals surface area contributed by atoms with Gasteiger partial charge in [-0.05, 0) is 36.4 Å². The highest BCUT2D eigenvalue weighted by Crippen LogP contribution is 2.20. The van der Waals surface area contributed by atoms with Gasteiger partial charge in [-0.1, -0.05) is 12.1 Å². The molecule has 4 nitrogen and oxygen atoms in total. The first-order valence-electron chi connectivity index (χ1n) is 5.69. The molecule has 4 heteroatoms. The summed E-state index contributed by atoms with van der Waals surface area (Å²) >= 11 is 0. The average molecular weight is 252 g/mol. The Morgan fingerprint density at radius 1 is 1.16 bits per heavy atom. The van der Waals surface area contributed by atoms with Crippen molar-refractivity contribution in [1.29, 1.82) is 5.26 Å². The molecule has 1 N–H and O–H groups in total. The van der Waals surface area contributed by atoms with E-state index in [-0.39, 0.29) is 11.7 Å². The highest BCUT2D eigenvalue weighted by molar-refractivity contribution is 6.06. The first-order chi connectivity index (χ1) is 9.13. The number of nitrogens with zero attached hydrogens (tertiary/aromatic N) is 2. The van der Waals surface area contributed by atoms with Crippen LogP contribution in [-0.4, -0.2) is 18.1 Å². The summed E-state index contributed by atoms with van der Waals surface area (Å²) < 4.78 is 0. The van der Waals surface area contributed by atoms with E-state index in [2.05, 4.69) is 6.07 Å². The summed E-state index contributed by atoms with van der Waals surface area (Å²) in [6.07, 6.45) is 0. The minimum Gasteiger partial charge on any atom is -0.508 e. The molecule has 0 radical (unpaired) electrons. The summed E-state index contributed by atoms with van der Waals surface area (Å²) in [5.41, 5.74) is 1.45. The zero-order valence-electron chi connectivity index (χ0n) is 10.4. The number of amides is 1. The van der Waals surface area contributed by atoms with Gasteiger partial charge in [0.15, 0.2) is 0 Å². The summed E-state index contributed by atoms with van der Waals surface area (Å²) in [4.78, 5) is 13.7. The highest BCUT2D eigenvalue weighted by atomic mass is 16.3. The van der Waals surface area contributed by atoms with Crippen LogP contribution in [-0.2, 0) is 0 Å². The van der Waals surface area contributed by atoms with Crippen molar-refractivity contribution in [3.05, 3.63) is 59.7 Å². The minimum atomic E-state index is -0.234. The Kier molecular flexibility index (Phi) is 3.48. The molecule has 94 valence electrons. The highest BCUT2D eigenvalue weighted by Gasteiger charge is 2.15. The number of hydrogen-bond acceptors (Lipinski definition) is 3. The van der Waals surface area contributed by atoms with Crippen molar-refractivity contribution in [1.82, 2.24) is 0 Å². The fourth-order valence-electron chi connectivity index (χ4n) is 1.77. The quantitative estimate of drug-likeness (QED) is 0.893. The van der Waals surface area contributed by atoms with E-state index in [1.54, 1.807) is 43.4 Å². The zero-order valence-corrected chi connectivity index (χ0v) is 10.4. The number of anilines is 1. The summed E-state index contributed by atoms with van der Waals surface area (Å²) in [5, 5.41) is 18.2. The maximum Gasteiger partial charge on any atom is 0.258 e. The molecule has 0 unspecified atom stereocenters. The smallest absolute Gasteiger partial charge is 0.258 e. The van der Waals surface area contributed by atoms with Crippen molar-refractivity contribution < 1.29 is 9.90 Å². The van der Waals surface area contributed by atoms with Gasteiger partial charge in [-0.3, -0.25) is 4.79 Å². The SMILES string of the molecule is CN(C(=O)c1ccc(O)cc1)c1ccccc1C#N. The van der Waals surface area contributed by atoms with Crippen molar-refractivity contribution in [2.75, 3.05) is 11.9 Å². The monoisotopic (exact) mass is 252 g/mol. The Hall–Kier alpha value is -2.80. The van der Waals surface area contributed by atoms with Gasteiger partial charge in [0.05, 0.1) is 11.3 Å². The van der Waals surface area contributed by atoms with Crippen molar-refractivity contribution in [3.63, 3.8) is 0 Å². The molecule has 0 heterocycles. The summed E-state index contributed by atoms with van der Waals surface area (Å²) in [6, 6.07) is 15.0. The number of rotatable bonds is 2. The molecule has 0 aliphatic rings. The Labute approximate surface area is 111 Å². The van der Waals surface area contributed by atoms with Crippen LogP contribution in [0.2, 0.25) is 0 Å². The zero-order chi connectivity index (χ0) is 13.8. The molecule has 0 aliphatic heterocycles. The van der Waals surface area contributed by atoms with E-state index in [1.807, 2.05) is 0 Å². The van der Waals surface area contributed by atoms with Crippen molar-refractivity contribution in [3.8, 4) is 11.8 Å². The number of aromatic hydroxyl groups is 1. The normalized spacial score (nSPS) is 9.68. The summed E-state index contributed by atoms with van der Waals surface area (Å²) in [6.45, 7) is 0. The topological polar surface area (TPSA) is 64.3 Å². The molecule has 2 aromatic carbocycles. The molecule has 0 bridgehead atoms. The van der Waals surface area contributed by atoms with Gasteiger partial charge in [0.25, 0.3) is 5.91 Å². The van der Waals surface area contributed by atoms with E-state index in [0.717, 1.165) is 0 Å². The number of hydrogen-bond donors (Lipinski definition) is 1. The Bertz CT molecular complexity index is 642. The first-order valence-corrected chi connectivity index (χ1v) is 5.69. The number of nitriles is 1. The fraction of sp³-hybridized carbons (Fsp3) is 0.0667. The van der Waals surface area contributed by atoms with Crippen LogP contribution in [0.4, 0.5) is 5.69 Å². The number of benzene rings is 2. The predicted octanol–water partition coefficient (Wildman–Crippen LogP) is 2.54. The second-order valence-electron chi connectivity index (χ2n) is 4.04. The van der Waals surface area contributed by atoms with Crippen LogP contribution in [0.25, 0.3) is 0 Å². The molecule has 0 spiro atoms. The second-order valence-corrected chi connectivity index (χ2v) is 4.04. The molecule has 0 fully saturated rings. The molecular weight excluding hydrogens is 240 g/mol. The van der Waals surface area contributed by atoms with Gasteiger partial charge in [-0.2, -0.15) is 5.26 Å². The third-order valence-electron chi connectivity index (χ3n) is 2.80. The van der Waals surface area contributed by atoms with Crippen molar-refractivity contribution in [2.24, 2.45) is 0 Å². The van der Waals surface area contributed by atoms with Crippen molar-refractivity contribution in [2.45, 2.75) is 0 Å². The Morgan fingerprint density at radius 3 is 2.42 bits per heavy atom. The Morgan fingerprint density at radius 2 is 1.79 bits per heavy atom. The van der Waals surface area contributed by atoms with Gasteiger partial charge in [0.1, 0.15) is 11.8 Å². The van der Waals surface area contributed by atoms with Crippen LogP contribution >= 0.6 is 0 Å². The lowest BCUT2D eigenvalue weighted by atomic mass is 10.1. The van der Waals surface area contributed by atoms with Gasteiger partial charge in [-0.15, -0.1) is 0 Å². The predicted molar refractivity (Wildman–Crippen MR) is 72.0 cm³/mol. The van der Waals surface area contributed by atoms with Crippen LogP contribution in [0.1, 0.15) is 15.9 Å². The van der Waals surface area contributed by atoms with Crippen LogP contribution < -0.4 is 4.90 Å². The number of carbonyl (C=O) groups is 1. The number of para-hydroxylation sites is 1. The number of carbonyl (C=O) groups excluding carboxylic acids is 1. The molecule has 19 heavy (non-hydrogen) atoms. The van der Waals surface area contributed by atoms with Gasteiger partial charge in [0.2, 0.25) is 0 Å². The van der Waals surface area contributed by atoms with E-state index < -0.39 is 0 Å². The molecule has 0 saturated heterocycles. The number of phenolic OH excluding ortho intramolecular Hbond substituents is 1. The lowest BCUT2D eigenvalue weighted by Gasteiger charge is -2.18. The van der Waals surface area contributed by atoms with Crippen LogP contribution in [0.3, 0.4) is 0 Å². The van der Waals surface area contributed by atoms with E-state index in [1.165, 1.54) is 17.0 Å². The lowest BCUT2D eigenvalue weighted by molar-refractivity contribution is 0.0993. The average Bonchev–Trinajstić information content (AvgIpc) is 2.46. The number of phenols is 1. The van der Waals surface area contributed by atoms with Crippen LogP contribution in [0, 0.1) is 11.3 Å². The second kappa shape index (κ2) is 5.23. The molecule has 0 aromatic heterocycles. The summed E-state index contributed by atoms with van der Waals surface area (Å²) in [7, 11) is 1.62. The minimum absolute atomic E-state index is 0.108. The summed E-state index contributed by atoms with van der Waals surface area (Å²) in [5.74, 6) is -0.126. The van der Waals surface area contributed by atoms with Gasteiger partial charge >= 0.3 is 0 Å². The molecule has 0 saturated carbocycles. The molecule has 2 rings (SSSR count).